The Bertz CT molecular complexity index is 1000. The number of fused-ring (bicyclic) bond motifs is 3. The third-order valence-corrected chi connectivity index (χ3v) is 5.83. The van der Waals surface area contributed by atoms with Gasteiger partial charge in [-0.15, -0.1) is 6.58 Å². The molecule has 0 aliphatic carbocycles. The smallest absolute Gasteiger partial charge is 0.328 e. The molecule has 1 aromatic rings. The standard InChI is InChI=1S/C21H25N5O4/c1-7-10-24-19(27)17-18(23(4)21(24)28)22-20-25(12(2)13(3)26(17)20)15-9-8-14(29-5)11-16(15)30-6/h7-9,11,17-18H,1,10H2,2-6H3. The number of carbonyl (C=O) groups excluding carboxylic acids is 2. The van der Waals surface area contributed by atoms with E-state index in [1.807, 2.05) is 35.8 Å². The van der Waals surface area contributed by atoms with Gasteiger partial charge in [0.25, 0.3) is 5.91 Å². The van der Waals surface area contributed by atoms with Crippen LogP contribution in [0.3, 0.4) is 0 Å². The zero-order valence-corrected chi connectivity index (χ0v) is 17.7. The van der Waals surface area contributed by atoms with Gasteiger partial charge in [-0.1, -0.05) is 6.08 Å². The average Bonchev–Trinajstić information content (AvgIpc) is 3.25. The number of hydrogen-bond donors (Lipinski definition) is 0. The molecule has 1 fully saturated rings. The number of urea groups is 1. The summed E-state index contributed by atoms with van der Waals surface area (Å²) in [6.07, 6.45) is 0.948. The van der Waals surface area contributed by atoms with Crippen molar-refractivity contribution in [2.45, 2.75) is 26.1 Å². The van der Waals surface area contributed by atoms with Crippen molar-refractivity contribution in [3.63, 3.8) is 0 Å². The van der Waals surface area contributed by atoms with Gasteiger partial charge in [-0.2, -0.15) is 0 Å². The van der Waals surface area contributed by atoms with Crippen molar-refractivity contribution in [3.05, 3.63) is 42.2 Å². The summed E-state index contributed by atoms with van der Waals surface area (Å²) in [5.41, 5.74) is 2.60. The lowest BCUT2D eigenvalue weighted by Gasteiger charge is -2.40. The van der Waals surface area contributed by atoms with Gasteiger partial charge in [0.2, 0.25) is 5.96 Å². The highest BCUT2D eigenvalue weighted by molar-refractivity contribution is 6.11. The topological polar surface area (TPSA) is 77.9 Å². The van der Waals surface area contributed by atoms with E-state index in [-0.39, 0.29) is 18.5 Å². The molecular weight excluding hydrogens is 386 g/mol. The fourth-order valence-corrected chi connectivity index (χ4v) is 4.17. The number of benzene rings is 1. The first-order valence-corrected chi connectivity index (χ1v) is 9.61. The Labute approximate surface area is 175 Å². The lowest BCUT2D eigenvalue weighted by molar-refractivity contribution is -0.136. The number of ether oxygens (including phenoxy) is 2. The van der Waals surface area contributed by atoms with Crippen molar-refractivity contribution in [2.24, 2.45) is 4.99 Å². The van der Waals surface area contributed by atoms with Crippen LogP contribution in [-0.2, 0) is 4.79 Å². The third kappa shape index (κ3) is 2.58. The van der Waals surface area contributed by atoms with Crippen LogP contribution < -0.4 is 14.4 Å². The maximum Gasteiger partial charge on any atom is 0.328 e. The molecule has 3 aliphatic heterocycles. The van der Waals surface area contributed by atoms with E-state index in [2.05, 4.69) is 6.58 Å². The van der Waals surface area contributed by atoms with E-state index in [0.29, 0.717) is 17.5 Å². The average molecular weight is 411 g/mol. The number of aliphatic imine (C=N–C) groups is 1. The van der Waals surface area contributed by atoms with Crippen molar-refractivity contribution < 1.29 is 19.1 Å². The van der Waals surface area contributed by atoms with E-state index in [0.717, 1.165) is 17.1 Å². The predicted octanol–water partition coefficient (Wildman–Crippen LogP) is 2.22. The van der Waals surface area contributed by atoms with Gasteiger partial charge in [-0.25, -0.2) is 9.79 Å². The van der Waals surface area contributed by atoms with Crippen LogP contribution in [0.25, 0.3) is 0 Å². The Morgan fingerprint density at radius 3 is 2.53 bits per heavy atom. The molecule has 9 heteroatoms. The van der Waals surface area contributed by atoms with E-state index >= 15 is 0 Å². The molecule has 2 atom stereocenters. The Balaban J connectivity index is 1.80. The van der Waals surface area contributed by atoms with Gasteiger partial charge in [-0.3, -0.25) is 19.5 Å². The Hall–Kier alpha value is -3.49. The molecular formula is C21H25N5O4. The molecule has 4 rings (SSSR count). The van der Waals surface area contributed by atoms with Crippen LogP contribution in [0.15, 0.2) is 47.2 Å². The molecule has 1 aromatic carbocycles. The fourth-order valence-electron chi connectivity index (χ4n) is 4.17. The fraction of sp³-hybridized carbons (Fsp3) is 0.381. The van der Waals surface area contributed by atoms with Crippen LogP contribution in [0.5, 0.6) is 11.5 Å². The van der Waals surface area contributed by atoms with E-state index in [1.165, 1.54) is 9.80 Å². The quantitative estimate of drug-likeness (QED) is 0.692. The molecule has 1 saturated heterocycles. The van der Waals surface area contributed by atoms with Gasteiger partial charge in [0.15, 0.2) is 12.2 Å². The summed E-state index contributed by atoms with van der Waals surface area (Å²) in [4.78, 5) is 37.3. The number of methoxy groups -OCH3 is 2. The summed E-state index contributed by atoms with van der Waals surface area (Å²) in [5.74, 6) is 1.60. The van der Waals surface area contributed by atoms with Crippen LogP contribution in [0.2, 0.25) is 0 Å². The summed E-state index contributed by atoms with van der Waals surface area (Å²) < 4.78 is 10.9. The van der Waals surface area contributed by atoms with Crippen LogP contribution in [-0.4, -0.2) is 72.6 Å². The molecule has 3 amide bonds. The van der Waals surface area contributed by atoms with Crippen LogP contribution in [0.4, 0.5) is 10.5 Å². The second-order valence-electron chi connectivity index (χ2n) is 7.33. The molecule has 0 N–H and O–H groups in total. The van der Waals surface area contributed by atoms with Crippen molar-refractivity contribution in [3.8, 4) is 11.5 Å². The lowest BCUT2D eigenvalue weighted by Crippen LogP contribution is -2.64. The molecule has 3 aliphatic rings. The van der Waals surface area contributed by atoms with Crippen LogP contribution in [0.1, 0.15) is 13.8 Å². The molecule has 0 bridgehead atoms. The highest BCUT2D eigenvalue weighted by atomic mass is 16.5. The summed E-state index contributed by atoms with van der Waals surface area (Å²) in [7, 11) is 4.86. The van der Waals surface area contributed by atoms with E-state index < -0.39 is 12.2 Å². The number of likely N-dealkylation sites (N-methyl/N-ethyl adjacent to an activating group) is 1. The Kier molecular flexibility index (Phi) is 4.68. The Morgan fingerprint density at radius 1 is 1.17 bits per heavy atom. The zero-order chi connectivity index (χ0) is 21.7. The van der Waals surface area contributed by atoms with E-state index in [9.17, 15) is 9.59 Å². The molecule has 158 valence electrons. The number of nitrogens with zero attached hydrogens (tertiary/aromatic N) is 5. The molecule has 9 nitrogen and oxygen atoms in total. The number of allylic oxidation sites excluding steroid dienone is 2. The van der Waals surface area contributed by atoms with Gasteiger partial charge in [0.05, 0.1) is 19.9 Å². The summed E-state index contributed by atoms with van der Waals surface area (Å²) in [6.45, 7) is 7.74. The maximum absolute atomic E-state index is 13.2. The monoisotopic (exact) mass is 411 g/mol. The van der Waals surface area contributed by atoms with Crippen LogP contribution in [0, 0.1) is 0 Å². The maximum atomic E-state index is 13.2. The first-order chi connectivity index (χ1) is 14.3. The van der Waals surface area contributed by atoms with Gasteiger partial charge in [0, 0.05) is 31.1 Å². The summed E-state index contributed by atoms with van der Waals surface area (Å²) in [5, 5.41) is 0. The van der Waals surface area contributed by atoms with Gasteiger partial charge < -0.3 is 14.4 Å². The number of guanidine groups is 1. The van der Waals surface area contributed by atoms with Crippen molar-refractivity contribution >= 4 is 23.6 Å². The zero-order valence-electron chi connectivity index (χ0n) is 17.7. The SMILES string of the molecule is C=CCN1C(=O)C2C(N=C3N(c4ccc(OC)cc4OC)C(C)=C(C)N32)N(C)C1=O. The number of hydrogen-bond acceptors (Lipinski definition) is 7. The highest BCUT2D eigenvalue weighted by Crippen LogP contribution is 2.43. The van der Waals surface area contributed by atoms with Crippen LogP contribution >= 0.6 is 0 Å². The lowest BCUT2D eigenvalue weighted by atomic mass is 10.1. The number of anilines is 1. The number of rotatable bonds is 5. The second kappa shape index (κ2) is 7.08. The number of amides is 3. The minimum absolute atomic E-state index is 0.159. The predicted molar refractivity (Wildman–Crippen MR) is 112 cm³/mol. The number of carbonyl (C=O) groups is 2. The minimum atomic E-state index is -0.619. The van der Waals surface area contributed by atoms with Crippen molar-refractivity contribution in [2.75, 3.05) is 32.7 Å². The second-order valence-corrected chi connectivity index (χ2v) is 7.33. The summed E-state index contributed by atoms with van der Waals surface area (Å²) in [6, 6.07) is 4.54. The molecule has 0 spiro atoms. The van der Waals surface area contributed by atoms with Gasteiger partial charge >= 0.3 is 6.03 Å². The normalized spacial score (nSPS) is 23.0. The number of imide groups is 1. The van der Waals surface area contributed by atoms with Crippen molar-refractivity contribution in [1.29, 1.82) is 0 Å². The van der Waals surface area contributed by atoms with Gasteiger partial charge in [0.1, 0.15) is 11.5 Å². The molecule has 2 unspecified atom stereocenters. The molecule has 30 heavy (non-hydrogen) atoms. The van der Waals surface area contributed by atoms with E-state index in [4.69, 9.17) is 14.5 Å². The molecule has 0 aromatic heterocycles. The van der Waals surface area contributed by atoms with Gasteiger partial charge in [-0.05, 0) is 26.0 Å². The highest BCUT2D eigenvalue weighted by Gasteiger charge is 2.55. The first kappa shape index (κ1) is 19.8. The third-order valence-electron chi connectivity index (χ3n) is 5.83. The largest absolute Gasteiger partial charge is 0.497 e. The minimum Gasteiger partial charge on any atom is -0.497 e. The first-order valence-electron chi connectivity index (χ1n) is 9.61. The summed E-state index contributed by atoms with van der Waals surface area (Å²) >= 11 is 0. The Morgan fingerprint density at radius 2 is 1.90 bits per heavy atom. The molecule has 0 radical (unpaired) electrons. The van der Waals surface area contributed by atoms with E-state index in [1.54, 1.807) is 33.4 Å². The molecule has 0 saturated carbocycles. The van der Waals surface area contributed by atoms with Crippen molar-refractivity contribution in [1.82, 2.24) is 14.7 Å². The molecule has 3 heterocycles.